The summed E-state index contributed by atoms with van der Waals surface area (Å²) in [5.74, 6) is 0. The normalized spacial score (nSPS) is 23.4. The number of fused-ring (bicyclic) bond motifs is 1. The number of piperazine rings is 1. The molecule has 0 spiro atoms. The first-order valence-electron chi connectivity index (χ1n) is 9.57. The molecular formula is C20H32N2O3. The Balaban J connectivity index is 1.39. The van der Waals surface area contributed by atoms with Crippen molar-refractivity contribution in [1.82, 2.24) is 9.80 Å². The number of nitrogens with zero attached hydrogens (tertiary/aromatic N) is 2. The molecule has 1 aromatic carbocycles. The molecule has 1 fully saturated rings. The Bertz CT molecular complexity index is 517. The predicted molar refractivity (Wildman–Crippen MR) is 98.8 cm³/mol. The zero-order chi connectivity index (χ0) is 17.5. The molecule has 1 aliphatic heterocycles. The number of β-amino-alcohol motifs (C(OH)–C–C–N with tert-alkyl or cyclic N) is 1. The first-order valence-corrected chi connectivity index (χ1v) is 9.57. The molecule has 1 aliphatic carbocycles. The van der Waals surface area contributed by atoms with Gasteiger partial charge in [0.05, 0.1) is 25.4 Å². The smallest absolute Gasteiger partial charge is 0.0900 e. The Hall–Kier alpha value is -0.980. The second-order valence-corrected chi connectivity index (χ2v) is 7.20. The molecule has 5 nitrogen and oxygen atoms in total. The summed E-state index contributed by atoms with van der Waals surface area (Å²) in [6, 6.07) is 8.55. The van der Waals surface area contributed by atoms with Gasteiger partial charge in [-0.2, -0.15) is 0 Å². The lowest BCUT2D eigenvalue weighted by atomic mass is 9.89. The lowest BCUT2D eigenvalue weighted by molar-refractivity contribution is -0.0327. The van der Waals surface area contributed by atoms with Crippen molar-refractivity contribution in [3.8, 4) is 0 Å². The second-order valence-electron chi connectivity index (χ2n) is 7.20. The van der Waals surface area contributed by atoms with E-state index in [1.807, 2.05) is 0 Å². The van der Waals surface area contributed by atoms with Gasteiger partial charge in [0.2, 0.25) is 0 Å². The maximum absolute atomic E-state index is 10.4. The number of rotatable bonds is 8. The molecule has 2 aliphatic rings. The summed E-state index contributed by atoms with van der Waals surface area (Å²) in [4.78, 5) is 4.76. The van der Waals surface area contributed by atoms with Gasteiger partial charge in [-0.15, -0.1) is 0 Å². The van der Waals surface area contributed by atoms with E-state index in [1.165, 1.54) is 17.5 Å². The van der Waals surface area contributed by atoms with Gasteiger partial charge in [-0.1, -0.05) is 24.3 Å². The van der Waals surface area contributed by atoms with Gasteiger partial charge in [0, 0.05) is 46.4 Å². The minimum absolute atomic E-state index is 0.144. The summed E-state index contributed by atoms with van der Waals surface area (Å²) in [6.07, 6.45) is 3.10. The molecule has 0 aromatic heterocycles. The van der Waals surface area contributed by atoms with Crippen LogP contribution < -0.4 is 0 Å². The van der Waals surface area contributed by atoms with Crippen LogP contribution in [0, 0.1) is 0 Å². The van der Waals surface area contributed by atoms with Crippen LogP contribution in [0.15, 0.2) is 24.3 Å². The molecule has 140 valence electrons. The van der Waals surface area contributed by atoms with Crippen LogP contribution in [0.2, 0.25) is 0 Å². The Labute approximate surface area is 151 Å². The molecule has 1 N–H and O–H groups in total. The second kappa shape index (κ2) is 9.64. The van der Waals surface area contributed by atoms with Gasteiger partial charge in [-0.05, 0) is 30.4 Å². The van der Waals surface area contributed by atoms with E-state index in [4.69, 9.17) is 9.47 Å². The predicted octanol–water partition coefficient (Wildman–Crippen LogP) is 1.71. The quantitative estimate of drug-likeness (QED) is 0.775. The number of hydrogen-bond acceptors (Lipinski definition) is 5. The number of hydrogen-bond donors (Lipinski definition) is 1. The van der Waals surface area contributed by atoms with Crippen molar-refractivity contribution in [3.63, 3.8) is 0 Å². The van der Waals surface area contributed by atoms with Crippen molar-refractivity contribution in [2.24, 2.45) is 0 Å². The van der Waals surface area contributed by atoms with E-state index in [-0.39, 0.29) is 6.10 Å². The van der Waals surface area contributed by atoms with Gasteiger partial charge in [0.25, 0.3) is 0 Å². The number of aryl methyl sites for hydroxylation is 1. The third kappa shape index (κ3) is 5.50. The highest BCUT2D eigenvalue weighted by molar-refractivity contribution is 5.31. The SMILES string of the molecule is COCCN1CCN(CC(O)COC2CCCc3ccccc32)CC1. The Morgan fingerprint density at radius 3 is 2.72 bits per heavy atom. The van der Waals surface area contributed by atoms with Gasteiger partial charge in [0.15, 0.2) is 0 Å². The van der Waals surface area contributed by atoms with Crippen molar-refractivity contribution < 1.29 is 14.6 Å². The first-order chi connectivity index (χ1) is 12.3. The highest BCUT2D eigenvalue weighted by atomic mass is 16.5. The Kier molecular flexibility index (Phi) is 7.25. The van der Waals surface area contributed by atoms with Crippen LogP contribution in [0.25, 0.3) is 0 Å². The molecule has 0 saturated carbocycles. The highest BCUT2D eigenvalue weighted by Crippen LogP contribution is 2.32. The van der Waals surface area contributed by atoms with Crippen molar-refractivity contribution in [3.05, 3.63) is 35.4 Å². The van der Waals surface area contributed by atoms with Gasteiger partial charge >= 0.3 is 0 Å². The average Bonchev–Trinajstić information content (AvgIpc) is 2.66. The molecule has 1 saturated heterocycles. The molecule has 2 atom stereocenters. The maximum Gasteiger partial charge on any atom is 0.0900 e. The molecule has 2 unspecified atom stereocenters. The number of benzene rings is 1. The molecule has 0 bridgehead atoms. The van der Waals surface area contributed by atoms with Gasteiger partial charge in [0.1, 0.15) is 0 Å². The number of aliphatic hydroxyl groups is 1. The largest absolute Gasteiger partial charge is 0.389 e. The van der Waals surface area contributed by atoms with Crippen LogP contribution >= 0.6 is 0 Å². The fraction of sp³-hybridized carbons (Fsp3) is 0.700. The number of aliphatic hydroxyl groups excluding tert-OH is 1. The summed E-state index contributed by atoms with van der Waals surface area (Å²) in [7, 11) is 1.75. The minimum Gasteiger partial charge on any atom is -0.389 e. The van der Waals surface area contributed by atoms with Crippen molar-refractivity contribution in [2.75, 3.05) is 59.6 Å². The lowest BCUT2D eigenvalue weighted by Crippen LogP contribution is -2.49. The molecule has 1 aromatic rings. The molecule has 0 amide bonds. The van der Waals surface area contributed by atoms with Crippen LogP contribution in [0.3, 0.4) is 0 Å². The van der Waals surface area contributed by atoms with Crippen molar-refractivity contribution >= 4 is 0 Å². The minimum atomic E-state index is -0.417. The lowest BCUT2D eigenvalue weighted by Gasteiger charge is -2.35. The monoisotopic (exact) mass is 348 g/mol. The fourth-order valence-corrected chi connectivity index (χ4v) is 3.88. The molecule has 0 radical (unpaired) electrons. The van der Waals surface area contributed by atoms with E-state index in [0.717, 1.165) is 52.2 Å². The average molecular weight is 348 g/mol. The molecular weight excluding hydrogens is 316 g/mol. The summed E-state index contributed by atoms with van der Waals surface area (Å²) in [5, 5.41) is 10.4. The molecule has 3 rings (SSSR count). The van der Waals surface area contributed by atoms with Gasteiger partial charge in [-0.25, -0.2) is 0 Å². The zero-order valence-electron chi connectivity index (χ0n) is 15.4. The highest BCUT2D eigenvalue weighted by Gasteiger charge is 2.23. The summed E-state index contributed by atoms with van der Waals surface area (Å²) >= 11 is 0. The van der Waals surface area contributed by atoms with Crippen LogP contribution in [0.5, 0.6) is 0 Å². The third-order valence-corrected chi connectivity index (χ3v) is 5.35. The van der Waals surface area contributed by atoms with Crippen LogP contribution in [0.4, 0.5) is 0 Å². The molecule has 25 heavy (non-hydrogen) atoms. The number of ether oxygens (including phenoxy) is 2. The Morgan fingerprint density at radius 1 is 1.16 bits per heavy atom. The maximum atomic E-state index is 10.4. The molecule has 1 heterocycles. The van der Waals surface area contributed by atoms with E-state index in [0.29, 0.717) is 13.2 Å². The summed E-state index contributed by atoms with van der Waals surface area (Å²) in [5.41, 5.74) is 2.72. The van der Waals surface area contributed by atoms with Crippen LogP contribution in [-0.4, -0.2) is 80.6 Å². The van der Waals surface area contributed by atoms with E-state index in [9.17, 15) is 5.11 Å². The first kappa shape index (κ1) is 18.8. The van der Waals surface area contributed by atoms with Gasteiger partial charge < -0.3 is 14.6 Å². The fourth-order valence-electron chi connectivity index (χ4n) is 3.88. The van der Waals surface area contributed by atoms with Crippen LogP contribution in [-0.2, 0) is 15.9 Å². The third-order valence-electron chi connectivity index (χ3n) is 5.35. The van der Waals surface area contributed by atoms with E-state index in [1.54, 1.807) is 7.11 Å². The standard InChI is InChI=1S/C20H32N2O3/c1-24-14-13-21-9-11-22(12-10-21)15-18(23)16-25-20-8-4-6-17-5-2-3-7-19(17)20/h2-3,5,7,18,20,23H,4,6,8-16H2,1H3. The summed E-state index contributed by atoms with van der Waals surface area (Å²) in [6.45, 7) is 7.02. The van der Waals surface area contributed by atoms with E-state index in [2.05, 4.69) is 34.1 Å². The zero-order valence-corrected chi connectivity index (χ0v) is 15.4. The Morgan fingerprint density at radius 2 is 1.92 bits per heavy atom. The topological polar surface area (TPSA) is 45.2 Å². The van der Waals surface area contributed by atoms with Crippen molar-refractivity contribution in [2.45, 2.75) is 31.5 Å². The van der Waals surface area contributed by atoms with E-state index < -0.39 is 6.10 Å². The summed E-state index contributed by atoms with van der Waals surface area (Å²) < 4.78 is 11.2. The molecule has 5 heteroatoms. The van der Waals surface area contributed by atoms with Gasteiger partial charge in [-0.3, -0.25) is 9.80 Å². The number of methoxy groups -OCH3 is 1. The van der Waals surface area contributed by atoms with Crippen LogP contribution in [0.1, 0.15) is 30.1 Å². The van der Waals surface area contributed by atoms with Crippen molar-refractivity contribution in [1.29, 1.82) is 0 Å². The van der Waals surface area contributed by atoms with E-state index >= 15 is 0 Å².